The van der Waals surface area contributed by atoms with E-state index in [2.05, 4.69) is 4.72 Å². The maximum atomic E-state index is 13.2. The molecule has 2 rings (SSSR count). The lowest BCUT2D eigenvalue weighted by atomic mass is 10.3. The highest BCUT2D eigenvalue weighted by Crippen LogP contribution is 2.25. The summed E-state index contributed by atoms with van der Waals surface area (Å²) in [7, 11) is -7.46. The van der Waals surface area contributed by atoms with Gasteiger partial charge in [0.1, 0.15) is 10.7 Å². The van der Waals surface area contributed by atoms with Gasteiger partial charge in [0.2, 0.25) is 0 Å². The van der Waals surface area contributed by atoms with Crippen LogP contribution in [0.4, 0.5) is 10.1 Å². The van der Waals surface area contributed by atoms with E-state index in [0.717, 1.165) is 18.2 Å². The van der Waals surface area contributed by atoms with Crippen LogP contribution in [0.3, 0.4) is 0 Å². The standard InChI is InChI=1S/C14H13ClFNO4S2/c1-2-22(18,19)12-6-4-11(5-7-12)17-23(20,21)14-9-10(16)3-8-13(14)15/h3-9,17H,2H2,1H3. The fourth-order valence-electron chi connectivity index (χ4n) is 1.79. The molecule has 23 heavy (non-hydrogen) atoms. The van der Waals surface area contributed by atoms with Gasteiger partial charge in [-0.3, -0.25) is 4.72 Å². The minimum atomic E-state index is -4.09. The monoisotopic (exact) mass is 377 g/mol. The van der Waals surface area contributed by atoms with Crippen LogP contribution in [0.15, 0.2) is 52.3 Å². The molecular weight excluding hydrogens is 365 g/mol. The van der Waals surface area contributed by atoms with E-state index in [-0.39, 0.29) is 21.4 Å². The van der Waals surface area contributed by atoms with E-state index < -0.39 is 30.6 Å². The van der Waals surface area contributed by atoms with E-state index in [0.29, 0.717) is 0 Å². The molecule has 0 aliphatic heterocycles. The summed E-state index contributed by atoms with van der Waals surface area (Å²) in [6, 6.07) is 8.21. The van der Waals surface area contributed by atoms with Gasteiger partial charge in [-0.15, -0.1) is 0 Å². The lowest BCUT2D eigenvalue weighted by molar-refractivity contribution is 0.595. The first-order valence-electron chi connectivity index (χ1n) is 6.46. The molecule has 0 saturated heterocycles. The van der Waals surface area contributed by atoms with Gasteiger partial charge in [-0.25, -0.2) is 21.2 Å². The summed E-state index contributed by atoms with van der Waals surface area (Å²) >= 11 is 5.79. The van der Waals surface area contributed by atoms with Crippen molar-refractivity contribution < 1.29 is 21.2 Å². The van der Waals surface area contributed by atoms with Crippen molar-refractivity contribution in [2.45, 2.75) is 16.7 Å². The van der Waals surface area contributed by atoms with E-state index in [1.165, 1.54) is 31.2 Å². The minimum Gasteiger partial charge on any atom is -0.280 e. The van der Waals surface area contributed by atoms with Crippen LogP contribution in [0.25, 0.3) is 0 Å². The predicted molar refractivity (Wildman–Crippen MR) is 86.4 cm³/mol. The number of anilines is 1. The minimum absolute atomic E-state index is 0.0586. The van der Waals surface area contributed by atoms with Gasteiger partial charge < -0.3 is 0 Å². The quantitative estimate of drug-likeness (QED) is 0.868. The van der Waals surface area contributed by atoms with E-state index in [9.17, 15) is 21.2 Å². The topological polar surface area (TPSA) is 80.3 Å². The Morgan fingerprint density at radius 1 is 1.04 bits per heavy atom. The Morgan fingerprint density at radius 3 is 2.22 bits per heavy atom. The lowest BCUT2D eigenvalue weighted by Gasteiger charge is -2.10. The molecule has 0 radical (unpaired) electrons. The molecule has 0 amide bonds. The summed E-state index contributed by atoms with van der Waals surface area (Å²) < 4.78 is 63.3. The van der Waals surface area contributed by atoms with Gasteiger partial charge >= 0.3 is 0 Å². The van der Waals surface area contributed by atoms with Crippen LogP contribution in [0.1, 0.15) is 6.92 Å². The first-order chi connectivity index (χ1) is 10.7. The van der Waals surface area contributed by atoms with Crippen molar-refractivity contribution in [1.82, 2.24) is 0 Å². The van der Waals surface area contributed by atoms with E-state index in [1.807, 2.05) is 0 Å². The fourth-order valence-corrected chi connectivity index (χ4v) is 4.25. The highest BCUT2D eigenvalue weighted by atomic mass is 35.5. The third kappa shape index (κ3) is 4.01. The Bertz CT molecular complexity index is 926. The van der Waals surface area contributed by atoms with Crippen LogP contribution >= 0.6 is 11.6 Å². The maximum absolute atomic E-state index is 13.2. The molecule has 0 fully saturated rings. The Kier molecular flexibility index (Phi) is 4.98. The van der Waals surface area contributed by atoms with Gasteiger partial charge in [-0.1, -0.05) is 18.5 Å². The van der Waals surface area contributed by atoms with Gasteiger partial charge in [0.05, 0.1) is 15.7 Å². The SMILES string of the molecule is CCS(=O)(=O)c1ccc(NS(=O)(=O)c2cc(F)ccc2Cl)cc1. The van der Waals surface area contributed by atoms with Crippen molar-refractivity contribution >= 4 is 37.1 Å². The number of sulfone groups is 1. The lowest BCUT2D eigenvalue weighted by Crippen LogP contribution is -2.14. The number of rotatable bonds is 5. The number of nitrogens with one attached hydrogen (secondary N) is 1. The first kappa shape index (κ1) is 17.7. The molecule has 0 aliphatic carbocycles. The number of hydrogen-bond donors (Lipinski definition) is 1. The van der Waals surface area contributed by atoms with Crippen molar-refractivity contribution in [2.24, 2.45) is 0 Å². The molecule has 5 nitrogen and oxygen atoms in total. The van der Waals surface area contributed by atoms with Crippen molar-refractivity contribution in [3.05, 3.63) is 53.3 Å². The number of benzene rings is 2. The molecule has 0 heterocycles. The molecule has 0 atom stereocenters. The smallest absolute Gasteiger partial charge is 0.263 e. The van der Waals surface area contributed by atoms with Crippen molar-refractivity contribution in [2.75, 3.05) is 10.5 Å². The maximum Gasteiger partial charge on any atom is 0.263 e. The van der Waals surface area contributed by atoms with Crippen LogP contribution in [0, 0.1) is 5.82 Å². The fraction of sp³-hybridized carbons (Fsp3) is 0.143. The second-order valence-corrected chi connectivity index (χ2v) is 8.94. The zero-order valence-electron chi connectivity index (χ0n) is 12.0. The average Bonchev–Trinajstić information content (AvgIpc) is 2.49. The van der Waals surface area contributed by atoms with Crippen molar-refractivity contribution in [3.63, 3.8) is 0 Å². The Hall–Kier alpha value is -1.64. The van der Waals surface area contributed by atoms with Crippen molar-refractivity contribution in [1.29, 1.82) is 0 Å². The molecule has 0 spiro atoms. The zero-order chi connectivity index (χ0) is 17.3. The summed E-state index contributed by atoms with van der Waals surface area (Å²) in [6.45, 7) is 1.51. The van der Waals surface area contributed by atoms with Crippen LogP contribution in [0.2, 0.25) is 5.02 Å². The molecule has 0 saturated carbocycles. The Balaban J connectivity index is 2.33. The molecule has 124 valence electrons. The van der Waals surface area contributed by atoms with Gasteiger partial charge in [0.25, 0.3) is 10.0 Å². The van der Waals surface area contributed by atoms with E-state index in [4.69, 9.17) is 11.6 Å². The molecule has 1 N–H and O–H groups in total. The van der Waals surface area contributed by atoms with Crippen LogP contribution < -0.4 is 4.72 Å². The molecule has 0 aromatic heterocycles. The van der Waals surface area contributed by atoms with Gasteiger partial charge in [-0.05, 0) is 42.5 Å². The highest BCUT2D eigenvalue weighted by molar-refractivity contribution is 7.93. The van der Waals surface area contributed by atoms with Gasteiger partial charge in [0, 0.05) is 5.69 Å². The Labute approximate surface area is 139 Å². The van der Waals surface area contributed by atoms with E-state index in [1.54, 1.807) is 0 Å². The first-order valence-corrected chi connectivity index (χ1v) is 9.98. The average molecular weight is 378 g/mol. The summed E-state index contributed by atoms with van der Waals surface area (Å²) in [5.74, 6) is -0.795. The van der Waals surface area contributed by atoms with Crippen LogP contribution in [-0.4, -0.2) is 22.6 Å². The molecule has 9 heteroatoms. The van der Waals surface area contributed by atoms with Crippen molar-refractivity contribution in [3.8, 4) is 0 Å². The van der Waals surface area contributed by atoms with Gasteiger partial charge in [-0.2, -0.15) is 0 Å². The van der Waals surface area contributed by atoms with Gasteiger partial charge in [0.15, 0.2) is 9.84 Å². The molecule has 0 bridgehead atoms. The third-order valence-corrected chi connectivity index (χ3v) is 6.64. The molecule has 2 aromatic rings. The number of halogens is 2. The predicted octanol–water partition coefficient (Wildman–Crippen LogP) is 3.07. The number of sulfonamides is 1. The van der Waals surface area contributed by atoms with Crippen LogP contribution in [-0.2, 0) is 19.9 Å². The molecular formula is C14H13ClFNO4S2. The third-order valence-electron chi connectivity index (χ3n) is 3.03. The highest BCUT2D eigenvalue weighted by Gasteiger charge is 2.19. The molecule has 0 unspecified atom stereocenters. The van der Waals surface area contributed by atoms with Crippen LogP contribution in [0.5, 0.6) is 0 Å². The Morgan fingerprint density at radius 2 is 1.65 bits per heavy atom. The normalized spacial score (nSPS) is 12.1. The zero-order valence-corrected chi connectivity index (χ0v) is 14.3. The second kappa shape index (κ2) is 6.46. The summed E-state index contributed by atoms with van der Waals surface area (Å²) in [5.41, 5.74) is 0.139. The second-order valence-electron chi connectivity index (χ2n) is 4.61. The number of hydrogen-bond acceptors (Lipinski definition) is 4. The molecule has 0 aliphatic rings. The largest absolute Gasteiger partial charge is 0.280 e. The molecule has 2 aromatic carbocycles. The summed E-state index contributed by atoms with van der Waals surface area (Å²) in [6.07, 6.45) is 0. The van der Waals surface area contributed by atoms with E-state index >= 15 is 0 Å². The summed E-state index contributed by atoms with van der Waals surface area (Å²) in [4.78, 5) is -0.309. The summed E-state index contributed by atoms with van der Waals surface area (Å²) in [5, 5.41) is -0.121.